The van der Waals surface area contributed by atoms with E-state index >= 15 is 0 Å². The van der Waals surface area contributed by atoms with Gasteiger partial charge in [0.25, 0.3) is 0 Å². The summed E-state index contributed by atoms with van der Waals surface area (Å²) in [6.45, 7) is 10.5. The van der Waals surface area contributed by atoms with Crippen LogP contribution in [0, 0.1) is 5.92 Å². The van der Waals surface area contributed by atoms with E-state index in [0.717, 1.165) is 6.42 Å². The van der Waals surface area contributed by atoms with E-state index in [1.165, 1.54) is 0 Å². The van der Waals surface area contributed by atoms with Gasteiger partial charge in [-0.25, -0.2) is 0 Å². The molecule has 2 nitrogen and oxygen atoms in total. The van der Waals surface area contributed by atoms with E-state index < -0.39 is 0 Å². The molecule has 0 aliphatic rings. The highest BCUT2D eigenvalue weighted by Crippen LogP contribution is 2.13. The molecule has 0 rings (SSSR count). The monoisotopic (exact) mass is 186 g/mol. The van der Waals surface area contributed by atoms with Crippen molar-refractivity contribution in [3.8, 4) is 0 Å². The Labute approximate surface area is 81.7 Å². The number of rotatable bonds is 5. The molecular formula is C11H22O2. The fourth-order valence-electron chi connectivity index (χ4n) is 1.08. The second-order valence-corrected chi connectivity index (χ2v) is 4.35. The lowest BCUT2D eigenvalue weighted by atomic mass is 10.00. The van der Waals surface area contributed by atoms with Crippen molar-refractivity contribution in [1.82, 2.24) is 0 Å². The standard InChI is InChI=1S/C11H22O2/c1-6-9(10(12)7-2)8-13-11(3,4)5/h9H,6-8H2,1-5H3/t9-/m0/s1. The van der Waals surface area contributed by atoms with Crippen molar-refractivity contribution < 1.29 is 9.53 Å². The van der Waals surface area contributed by atoms with Crippen LogP contribution in [-0.2, 0) is 9.53 Å². The minimum atomic E-state index is -0.137. The minimum Gasteiger partial charge on any atom is -0.375 e. The van der Waals surface area contributed by atoms with Crippen LogP contribution in [0.2, 0.25) is 0 Å². The predicted molar refractivity (Wildman–Crippen MR) is 54.8 cm³/mol. The van der Waals surface area contributed by atoms with Crippen molar-refractivity contribution >= 4 is 5.78 Å². The molecule has 0 aromatic rings. The normalized spacial score (nSPS) is 14.2. The second kappa shape index (κ2) is 5.38. The first-order valence-corrected chi connectivity index (χ1v) is 5.07. The van der Waals surface area contributed by atoms with E-state index in [9.17, 15) is 4.79 Å². The van der Waals surface area contributed by atoms with Crippen molar-refractivity contribution in [2.24, 2.45) is 5.92 Å². The highest BCUT2D eigenvalue weighted by molar-refractivity contribution is 5.80. The molecule has 0 aliphatic heterocycles. The molecule has 0 spiro atoms. The fraction of sp³-hybridized carbons (Fsp3) is 0.909. The molecule has 0 radical (unpaired) electrons. The Balaban J connectivity index is 3.93. The molecular weight excluding hydrogens is 164 g/mol. The SMILES string of the molecule is CCC(=O)[C@@H](CC)COC(C)(C)C. The van der Waals surface area contributed by atoms with Crippen LogP contribution in [0.15, 0.2) is 0 Å². The number of carbonyl (C=O) groups is 1. The third kappa shape index (κ3) is 5.81. The summed E-state index contributed by atoms with van der Waals surface area (Å²) in [5.74, 6) is 0.399. The maximum absolute atomic E-state index is 11.4. The van der Waals surface area contributed by atoms with Gasteiger partial charge in [0, 0.05) is 12.3 Å². The summed E-state index contributed by atoms with van der Waals surface area (Å²) < 4.78 is 5.58. The highest BCUT2D eigenvalue weighted by Gasteiger charge is 2.18. The average Bonchev–Trinajstić information content (AvgIpc) is 2.03. The van der Waals surface area contributed by atoms with E-state index in [0.29, 0.717) is 18.8 Å². The molecule has 0 unspecified atom stereocenters. The smallest absolute Gasteiger partial charge is 0.137 e. The van der Waals surface area contributed by atoms with Crippen LogP contribution < -0.4 is 0 Å². The van der Waals surface area contributed by atoms with Gasteiger partial charge in [0.05, 0.1) is 12.2 Å². The summed E-state index contributed by atoms with van der Waals surface area (Å²) in [5, 5.41) is 0. The molecule has 0 saturated heterocycles. The minimum absolute atomic E-state index is 0.0872. The molecule has 0 bridgehead atoms. The molecule has 0 amide bonds. The Morgan fingerprint density at radius 3 is 2.15 bits per heavy atom. The lowest BCUT2D eigenvalue weighted by Gasteiger charge is -2.22. The van der Waals surface area contributed by atoms with Crippen molar-refractivity contribution in [1.29, 1.82) is 0 Å². The maximum Gasteiger partial charge on any atom is 0.137 e. The quantitative estimate of drug-likeness (QED) is 0.660. The molecule has 0 aromatic carbocycles. The number of ketones is 1. The summed E-state index contributed by atoms with van der Waals surface area (Å²) in [4.78, 5) is 11.4. The van der Waals surface area contributed by atoms with Gasteiger partial charge >= 0.3 is 0 Å². The molecule has 0 saturated carbocycles. The van der Waals surface area contributed by atoms with Gasteiger partial charge < -0.3 is 4.74 Å². The molecule has 78 valence electrons. The molecule has 0 aromatic heterocycles. The first-order valence-electron chi connectivity index (χ1n) is 5.07. The zero-order valence-corrected chi connectivity index (χ0v) is 9.52. The van der Waals surface area contributed by atoms with Crippen molar-refractivity contribution in [2.75, 3.05) is 6.61 Å². The molecule has 0 N–H and O–H groups in total. The summed E-state index contributed by atoms with van der Waals surface area (Å²) in [6, 6.07) is 0. The third-order valence-corrected chi connectivity index (χ3v) is 2.01. The maximum atomic E-state index is 11.4. The lowest BCUT2D eigenvalue weighted by Crippen LogP contribution is -2.27. The van der Waals surface area contributed by atoms with Gasteiger partial charge in [0.2, 0.25) is 0 Å². The van der Waals surface area contributed by atoms with Crippen molar-refractivity contribution in [2.45, 2.75) is 53.1 Å². The Morgan fingerprint density at radius 2 is 1.85 bits per heavy atom. The topological polar surface area (TPSA) is 26.3 Å². The Kier molecular flexibility index (Phi) is 5.23. The van der Waals surface area contributed by atoms with E-state index in [1.54, 1.807) is 0 Å². The van der Waals surface area contributed by atoms with Crippen LogP contribution in [0.5, 0.6) is 0 Å². The van der Waals surface area contributed by atoms with Crippen molar-refractivity contribution in [3.05, 3.63) is 0 Å². The fourth-order valence-corrected chi connectivity index (χ4v) is 1.08. The van der Waals surface area contributed by atoms with Crippen LogP contribution in [0.1, 0.15) is 47.5 Å². The Bertz CT molecular complexity index is 156. The molecule has 13 heavy (non-hydrogen) atoms. The number of hydrogen-bond acceptors (Lipinski definition) is 2. The lowest BCUT2D eigenvalue weighted by molar-refractivity contribution is -0.126. The second-order valence-electron chi connectivity index (χ2n) is 4.35. The van der Waals surface area contributed by atoms with Gasteiger partial charge in [-0.15, -0.1) is 0 Å². The van der Waals surface area contributed by atoms with Crippen LogP contribution in [-0.4, -0.2) is 18.0 Å². The van der Waals surface area contributed by atoms with Crippen LogP contribution in [0.25, 0.3) is 0 Å². The number of Topliss-reactive ketones (excluding diaryl/α,β-unsaturated/α-hetero) is 1. The largest absolute Gasteiger partial charge is 0.375 e. The molecule has 0 aliphatic carbocycles. The van der Waals surface area contributed by atoms with Crippen LogP contribution >= 0.6 is 0 Å². The van der Waals surface area contributed by atoms with Gasteiger partial charge in [-0.05, 0) is 27.2 Å². The van der Waals surface area contributed by atoms with E-state index in [1.807, 2.05) is 34.6 Å². The zero-order valence-electron chi connectivity index (χ0n) is 9.52. The first-order chi connectivity index (χ1) is 5.90. The van der Waals surface area contributed by atoms with E-state index in [4.69, 9.17) is 4.74 Å². The van der Waals surface area contributed by atoms with E-state index in [-0.39, 0.29) is 11.5 Å². The Hall–Kier alpha value is -0.370. The molecule has 1 atom stereocenters. The molecule has 0 heterocycles. The van der Waals surface area contributed by atoms with Crippen LogP contribution in [0.3, 0.4) is 0 Å². The Morgan fingerprint density at radius 1 is 1.31 bits per heavy atom. The van der Waals surface area contributed by atoms with Gasteiger partial charge in [-0.1, -0.05) is 13.8 Å². The van der Waals surface area contributed by atoms with E-state index in [2.05, 4.69) is 0 Å². The van der Waals surface area contributed by atoms with Gasteiger partial charge in [-0.3, -0.25) is 4.79 Å². The average molecular weight is 186 g/mol. The summed E-state index contributed by atoms with van der Waals surface area (Å²) >= 11 is 0. The van der Waals surface area contributed by atoms with Crippen LogP contribution in [0.4, 0.5) is 0 Å². The highest BCUT2D eigenvalue weighted by atomic mass is 16.5. The van der Waals surface area contributed by atoms with Gasteiger partial charge in [-0.2, -0.15) is 0 Å². The summed E-state index contributed by atoms with van der Waals surface area (Å²) in [5.41, 5.74) is -0.137. The number of ether oxygens (including phenoxy) is 1. The summed E-state index contributed by atoms with van der Waals surface area (Å²) in [6.07, 6.45) is 1.49. The summed E-state index contributed by atoms with van der Waals surface area (Å²) in [7, 11) is 0. The molecule has 2 heteroatoms. The van der Waals surface area contributed by atoms with Gasteiger partial charge in [0.15, 0.2) is 0 Å². The first kappa shape index (κ1) is 12.6. The van der Waals surface area contributed by atoms with Gasteiger partial charge in [0.1, 0.15) is 5.78 Å². The third-order valence-electron chi connectivity index (χ3n) is 2.01. The molecule has 0 fully saturated rings. The number of hydrogen-bond donors (Lipinski definition) is 0. The number of carbonyl (C=O) groups excluding carboxylic acids is 1. The van der Waals surface area contributed by atoms with Crippen molar-refractivity contribution in [3.63, 3.8) is 0 Å². The zero-order chi connectivity index (χ0) is 10.5. The predicted octanol–water partition coefficient (Wildman–Crippen LogP) is 2.81.